The quantitative estimate of drug-likeness (QED) is 0.753. The van der Waals surface area contributed by atoms with E-state index in [0.717, 1.165) is 5.69 Å². The fourth-order valence-corrected chi connectivity index (χ4v) is 1.73. The van der Waals surface area contributed by atoms with Crippen molar-refractivity contribution >= 4 is 33.4 Å². The van der Waals surface area contributed by atoms with Crippen LogP contribution in [0.1, 0.15) is 5.69 Å². The fourth-order valence-electron chi connectivity index (χ4n) is 0.757. The molecule has 1 aromatic rings. The molecular formula is C7H11N3OS2. The van der Waals surface area contributed by atoms with Gasteiger partial charge in [0.2, 0.25) is 11.9 Å². The number of carbonyl (C=O) groups is 1. The number of carbonyl (C=O) groups excluding carboxylic acids is 1. The zero-order valence-electron chi connectivity index (χ0n) is 7.46. The van der Waals surface area contributed by atoms with Gasteiger partial charge in [0, 0.05) is 11.9 Å². The minimum Gasteiger partial charge on any atom is -0.328 e. The topological polar surface area (TPSA) is 57.8 Å². The Morgan fingerprint density at radius 2 is 2.54 bits per heavy atom. The molecule has 72 valence electrons. The van der Waals surface area contributed by atoms with Gasteiger partial charge in [0.1, 0.15) is 0 Å². The number of aromatic nitrogens is 2. The second-order valence-electron chi connectivity index (χ2n) is 2.39. The predicted octanol–water partition coefficient (Wildman–Crippen LogP) is 1.67. The molecule has 1 aromatic heterocycles. The van der Waals surface area contributed by atoms with Crippen molar-refractivity contribution in [3.05, 3.63) is 11.9 Å². The second-order valence-corrected chi connectivity index (χ2v) is 4.96. The summed E-state index contributed by atoms with van der Waals surface area (Å²) in [5, 5.41) is 2.66. The van der Waals surface area contributed by atoms with E-state index in [-0.39, 0.29) is 5.91 Å². The highest BCUT2D eigenvalue weighted by Crippen LogP contribution is 2.16. The summed E-state index contributed by atoms with van der Waals surface area (Å²) < 4.78 is 0. The highest BCUT2D eigenvalue weighted by atomic mass is 33.1. The molecule has 0 aliphatic carbocycles. The Morgan fingerprint density at radius 1 is 1.77 bits per heavy atom. The van der Waals surface area contributed by atoms with Crippen LogP contribution in [0, 0.1) is 6.92 Å². The molecule has 13 heavy (non-hydrogen) atoms. The molecule has 0 spiro atoms. The summed E-state index contributed by atoms with van der Waals surface area (Å²) in [7, 11) is 3.08. The lowest BCUT2D eigenvalue weighted by Gasteiger charge is -1.99. The highest BCUT2D eigenvalue weighted by molar-refractivity contribution is 8.76. The maximum absolute atomic E-state index is 11.2. The summed E-state index contributed by atoms with van der Waals surface area (Å²) in [5.41, 5.74) is 0.938. The molecule has 0 aliphatic rings. The third-order valence-electron chi connectivity index (χ3n) is 1.27. The number of amides is 1. The van der Waals surface area contributed by atoms with Crippen molar-refractivity contribution in [1.29, 1.82) is 0 Å². The number of nitrogens with zero attached hydrogens (tertiary/aromatic N) is 1. The second kappa shape index (κ2) is 5.18. The minimum absolute atomic E-state index is 0.0336. The van der Waals surface area contributed by atoms with Gasteiger partial charge in [0.15, 0.2) is 0 Å². The molecule has 1 heterocycles. The Labute approximate surface area is 84.7 Å². The van der Waals surface area contributed by atoms with Gasteiger partial charge in [-0.15, -0.1) is 0 Å². The average Bonchev–Trinajstić information content (AvgIpc) is 2.48. The molecule has 1 rings (SSSR count). The summed E-state index contributed by atoms with van der Waals surface area (Å²) in [6.45, 7) is 1.89. The van der Waals surface area contributed by atoms with Crippen LogP contribution < -0.4 is 5.32 Å². The number of H-pyrrole nitrogens is 1. The first-order chi connectivity index (χ1) is 6.22. The molecule has 2 N–H and O–H groups in total. The van der Waals surface area contributed by atoms with Gasteiger partial charge in [-0.3, -0.25) is 10.1 Å². The predicted molar refractivity (Wildman–Crippen MR) is 57.9 cm³/mol. The van der Waals surface area contributed by atoms with Crippen molar-refractivity contribution in [2.24, 2.45) is 0 Å². The van der Waals surface area contributed by atoms with E-state index >= 15 is 0 Å². The largest absolute Gasteiger partial charge is 0.328 e. The van der Waals surface area contributed by atoms with Crippen molar-refractivity contribution < 1.29 is 4.79 Å². The van der Waals surface area contributed by atoms with E-state index in [9.17, 15) is 4.79 Å². The van der Waals surface area contributed by atoms with Gasteiger partial charge in [-0.2, -0.15) is 0 Å². The van der Waals surface area contributed by atoms with E-state index in [2.05, 4.69) is 15.3 Å². The number of anilines is 1. The normalized spacial score (nSPS) is 10.0. The van der Waals surface area contributed by atoms with Crippen LogP contribution in [0.15, 0.2) is 6.20 Å². The Balaban J connectivity index is 2.36. The molecule has 6 heteroatoms. The molecule has 0 fully saturated rings. The number of rotatable bonds is 4. The first kappa shape index (κ1) is 10.5. The fraction of sp³-hybridized carbons (Fsp3) is 0.429. The molecule has 0 aliphatic heterocycles. The van der Waals surface area contributed by atoms with Crippen LogP contribution in [0.5, 0.6) is 0 Å². The minimum atomic E-state index is -0.0336. The summed E-state index contributed by atoms with van der Waals surface area (Å²) in [6.07, 6.45) is 3.62. The van der Waals surface area contributed by atoms with Crippen molar-refractivity contribution in [2.75, 3.05) is 17.3 Å². The molecule has 0 unspecified atom stereocenters. The van der Waals surface area contributed by atoms with Crippen LogP contribution in [0.3, 0.4) is 0 Å². The smallest absolute Gasteiger partial charge is 0.237 e. The zero-order valence-corrected chi connectivity index (χ0v) is 9.09. The van der Waals surface area contributed by atoms with Crippen LogP contribution in [-0.4, -0.2) is 27.9 Å². The van der Waals surface area contributed by atoms with Crippen LogP contribution >= 0.6 is 21.6 Å². The number of aromatic amines is 1. The van der Waals surface area contributed by atoms with E-state index < -0.39 is 0 Å². The van der Waals surface area contributed by atoms with E-state index in [0.29, 0.717) is 11.7 Å². The van der Waals surface area contributed by atoms with Crippen molar-refractivity contribution in [3.63, 3.8) is 0 Å². The molecule has 0 bridgehead atoms. The van der Waals surface area contributed by atoms with E-state index in [4.69, 9.17) is 0 Å². The van der Waals surface area contributed by atoms with Gasteiger partial charge in [0.25, 0.3) is 0 Å². The molecule has 4 nitrogen and oxygen atoms in total. The number of nitrogens with one attached hydrogen (secondary N) is 2. The van der Waals surface area contributed by atoms with Gasteiger partial charge in [-0.1, -0.05) is 21.6 Å². The highest BCUT2D eigenvalue weighted by Gasteiger charge is 2.03. The Hall–Kier alpha value is -0.620. The van der Waals surface area contributed by atoms with Crippen LogP contribution in [0.2, 0.25) is 0 Å². The Kier molecular flexibility index (Phi) is 4.17. The van der Waals surface area contributed by atoms with Gasteiger partial charge >= 0.3 is 0 Å². The monoisotopic (exact) mass is 217 g/mol. The van der Waals surface area contributed by atoms with E-state index in [1.165, 1.54) is 10.8 Å². The first-order valence-electron chi connectivity index (χ1n) is 3.69. The third-order valence-corrected chi connectivity index (χ3v) is 2.94. The molecule has 0 atom stereocenters. The number of hydrogen-bond donors (Lipinski definition) is 2. The maximum Gasteiger partial charge on any atom is 0.237 e. The van der Waals surface area contributed by atoms with Gasteiger partial charge in [-0.05, 0) is 13.2 Å². The average molecular weight is 217 g/mol. The molecule has 0 saturated heterocycles. The lowest BCUT2D eigenvalue weighted by atomic mass is 10.6. The number of hydrogen-bond acceptors (Lipinski definition) is 4. The standard InChI is InChI=1S/C7H11N3OS2/c1-5-3-8-7(9-5)10-6(11)4-13-12-2/h3H,4H2,1-2H3,(H2,8,9,10,11). The van der Waals surface area contributed by atoms with E-state index in [1.54, 1.807) is 17.0 Å². The molecule has 0 radical (unpaired) electrons. The Bertz CT molecular complexity index is 287. The third kappa shape index (κ3) is 3.73. The van der Waals surface area contributed by atoms with Crippen molar-refractivity contribution in [1.82, 2.24) is 9.97 Å². The van der Waals surface area contributed by atoms with Gasteiger partial charge < -0.3 is 4.98 Å². The molecular weight excluding hydrogens is 206 g/mol. The lowest BCUT2D eigenvalue weighted by Crippen LogP contribution is -2.14. The van der Waals surface area contributed by atoms with Crippen LogP contribution in [0.4, 0.5) is 5.95 Å². The van der Waals surface area contributed by atoms with Crippen molar-refractivity contribution in [2.45, 2.75) is 6.92 Å². The number of imidazole rings is 1. The SMILES string of the molecule is CSSCC(=O)Nc1ncc(C)[nH]1. The molecule has 1 amide bonds. The maximum atomic E-state index is 11.2. The van der Waals surface area contributed by atoms with E-state index in [1.807, 2.05) is 13.2 Å². The summed E-state index contributed by atoms with van der Waals surface area (Å²) in [6, 6.07) is 0. The summed E-state index contributed by atoms with van der Waals surface area (Å²) >= 11 is 0. The van der Waals surface area contributed by atoms with Gasteiger partial charge in [0.05, 0.1) is 5.75 Å². The summed E-state index contributed by atoms with van der Waals surface area (Å²) in [5.74, 6) is 0.930. The Morgan fingerprint density at radius 3 is 3.08 bits per heavy atom. The summed E-state index contributed by atoms with van der Waals surface area (Å²) in [4.78, 5) is 18.1. The zero-order chi connectivity index (χ0) is 9.68. The van der Waals surface area contributed by atoms with Crippen LogP contribution in [0.25, 0.3) is 0 Å². The van der Waals surface area contributed by atoms with Gasteiger partial charge in [-0.25, -0.2) is 4.98 Å². The number of aryl methyl sites for hydroxylation is 1. The van der Waals surface area contributed by atoms with Crippen LogP contribution in [-0.2, 0) is 4.79 Å². The van der Waals surface area contributed by atoms with Crippen molar-refractivity contribution in [3.8, 4) is 0 Å². The lowest BCUT2D eigenvalue weighted by molar-refractivity contribution is -0.113. The first-order valence-corrected chi connectivity index (χ1v) is 6.42. The molecule has 0 saturated carbocycles. The molecule has 0 aromatic carbocycles.